The van der Waals surface area contributed by atoms with Crippen LogP contribution in [-0.4, -0.2) is 50.2 Å². The maximum Gasteiger partial charge on any atom is 0.236 e. The lowest BCUT2D eigenvalue weighted by Gasteiger charge is -2.22. The molecule has 1 atom stereocenters. The second-order valence-electron chi connectivity index (χ2n) is 3.78. The van der Waals surface area contributed by atoms with Crippen LogP contribution in [0.25, 0.3) is 0 Å². The van der Waals surface area contributed by atoms with Gasteiger partial charge in [0.05, 0.1) is 12.6 Å². The quantitative estimate of drug-likeness (QED) is 0.681. The fourth-order valence-electron chi connectivity index (χ4n) is 0.878. The van der Waals surface area contributed by atoms with Crippen molar-refractivity contribution in [3.8, 4) is 0 Å². The first-order chi connectivity index (χ1) is 6.49. The van der Waals surface area contributed by atoms with E-state index in [0.29, 0.717) is 13.1 Å². The van der Waals surface area contributed by atoms with Crippen LogP contribution in [0.3, 0.4) is 0 Å². The minimum atomic E-state index is 0.114. The minimum absolute atomic E-state index is 0.114. The molecule has 1 amide bonds. The van der Waals surface area contributed by atoms with E-state index in [1.165, 1.54) is 0 Å². The molecule has 0 radical (unpaired) electrons. The number of amides is 1. The summed E-state index contributed by atoms with van der Waals surface area (Å²) in [5, 5.41) is 3.06. The summed E-state index contributed by atoms with van der Waals surface area (Å²) in [7, 11) is 3.48. The predicted octanol–water partition coefficient (Wildman–Crippen LogP) is 0.478. The molecule has 4 heteroatoms. The van der Waals surface area contributed by atoms with E-state index in [1.54, 1.807) is 12.0 Å². The average Bonchev–Trinajstić information content (AvgIpc) is 2.15. The third-order valence-corrected chi connectivity index (χ3v) is 2.28. The van der Waals surface area contributed by atoms with E-state index in [-0.39, 0.29) is 18.1 Å². The van der Waals surface area contributed by atoms with Gasteiger partial charge in [0.15, 0.2) is 0 Å². The first-order valence-electron chi connectivity index (χ1n) is 4.98. The van der Waals surface area contributed by atoms with Crippen molar-refractivity contribution in [3.05, 3.63) is 0 Å². The van der Waals surface area contributed by atoms with Gasteiger partial charge >= 0.3 is 0 Å². The molecule has 0 saturated carbocycles. The molecule has 0 rings (SSSR count). The first-order valence-corrected chi connectivity index (χ1v) is 4.98. The number of nitrogens with one attached hydrogen (secondary N) is 1. The van der Waals surface area contributed by atoms with Gasteiger partial charge in [0, 0.05) is 26.7 Å². The first kappa shape index (κ1) is 13.4. The number of hydrogen-bond acceptors (Lipinski definition) is 3. The fourth-order valence-corrected chi connectivity index (χ4v) is 0.878. The number of carbonyl (C=O) groups is 1. The van der Waals surface area contributed by atoms with Gasteiger partial charge in [-0.15, -0.1) is 0 Å². The lowest BCUT2D eigenvalue weighted by atomic mass is 10.3. The summed E-state index contributed by atoms with van der Waals surface area (Å²) in [5.41, 5.74) is 0. The highest BCUT2D eigenvalue weighted by Gasteiger charge is 2.11. The van der Waals surface area contributed by atoms with Gasteiger partial charge in [-0.1, -0.05) is 0 Å². The molecular formula is C10H22N2O2. The van der Waals surface area contributed by atoms with E-state index in [2.05, 4.69) is 5.32 Å². The third kappa shape index (κ3) is 5.19. The average molecular weight is 202 g/mol. The van der Waals surface area contributed by atoms with Crippen LogP contribution >= 0.6 is 0 Å². The van der Waals surface area contributed by atoms with Crippen LogP contribution < -0.4 is 5.32 Å². The second kappa shape index (κ2) is 6.79. The molecule has 0 fully saturated rings. The van der Waals surface area contributed by atoms with Crippen molar-refractivity contribution in [3.63, 3.8) is 0 Å². The van der Waals surface area contributed by atoms with Gasteiger partial charge in [-0.25, -0.2) is 0 Å². The van der Waals surface area contributed by atoms with Crippen molar-refractivity contribution in [2.75, 3.05) is 27.2 Å². The Hall–Kier alpha value is -0.610. The lowest BCUT2D eigenvalue weighted by Crippen LogP contribution is -2.41. The van der Waals surface area contributed by atoms with Gasteiger partial charge in [0.1, 0.15) is 0 Å². The van der Waals surface area contributed by atoms with Gasteiger partial charge in [-0.05, 0) is 20.8 Å². The topological polar surface area (TPSA) is 41.6 Å². The molecule has 0 heterocycles. The zero-order valence-corrected chi connectivity index (χ0v) is 9.83. The van der Waals surface area contributed by atoms with Crippen molar-refractivity contribution in [1.29, 1.82) is 0 Å². The zero-order chi connectivity index (χ0) is 11.1. The Morgan fingerprint density at radius 3 is 2.43 bits per heavy atom. The molecule has 0 bridgehead atoms. The Morgan fingerprint density at radius 1 is 1.43 bits per heavy atom. The molecule has 0 aliphatic carbocycles. The minimum Gasteiger partial charge on any atom is -0.380 e. The van der Waals surface area contributed by atoms with Gasteiger partial charge in [-0.2, -0.15) is 0 Å². The molecule has 0 saturated heterocycles. The maximum atomic E-state index is 11.5. The van der Waals surface area contributed by atoms with Gasteiger partial charge in [0.2, 0.25) is 5.91 Å². The standard InChI is InChI=1S/C10H22N2O2/c1-8(2)12(4)10(13)7-11-6-9(3)14-5/h8-9,11H,6-7H2,1-5H3. The van der Waals surface area contributed by atoms with E-state index in [4.69, 9.17) is 4.74 Å². The van der Waals surface area contributed by atoms with Crippen LogP contribution in [0, 0.1) is 0 Å². The van der Waals surface area contributed by atoms with Crippen LogP contribution in [0.5, 0.6) is 0 Å². The maximum absolute atomic E-state index is 11.5. The molecule has 84 valence electrons. The van der Waals surface area contributed by atoms with Crippen molar-refractivity contribution < 1.29 is 9.53 Å². The van der Waals surface area contributed by atoms with Crippen molar-refractivity contribution >= 4 is 5.91 Å². The van der Waals surface area contributed by atoms with E-state index < -0.39 is 0 Å². The highest BCUT2D eigenvalue weighted by Crippen LogP contribution is 1.93. The van der Waals surface area contributed by atoms with Crippen molar-refractivity contribution in [2.45, 2.75) is 32.9 Å². The monoisotopic (exact) mass is 202 g/mol. The van der Waals surface area contributed by atoms with E-state index in [9.17, 15) is 4.79 Å². The molecule has 0 aromatic rings. The smallest absolute Gasteiger partial charge is 0.236 e. The van der Waals surface area contributed by atoms with E-state index in [1.807, 2.05) is 27.8 Å². The molecule has 0 aliphatic rings. The molecule has 1 unspecified atom stereocenters. The van der Waals surface area contributed by atoms with Crippen LogP contribution in [0.4, 0.5) is 0 Å². The number of likely N-dealkylation sites (N-methyl/N-ethyl adjacent to an activating group) is 1. The summed E-state index contributed by atoms with van der Waals surface area (Å²) >= 11 is 0. The number of nitrogens with zero attached hydrogens (tertiary/aromatic N) is 1. The van der Waals surface area contributed by atoms with E-state index in [0.717, 1.165) is 0 Å². The number of hydrogen-bond donors (Lipinski definition) is 1. The molecule has 4 nitrogen and oxygen atoms in total. The molecule has 0 aromatic carbocycles. The number of rotatable bonds is 6. The molecule has 0 aliphatic heterocycles. The van der Waals surface area contributed by atoms with Crippen LogP contribution in [0.1, 0.15) is 20.8 Å². The van der Waals surface area contributed by atoms with Crippen molar-refractivity contribution in [1.82, 2.24) is 10.2 Å². The summed E-state index contributed by atoms with van der Waals surface area (Å²) < 4.78 is 5.05. The molecule has 0 aromatic heterocycles. The van der Waals surface area contributed by atoms with Gasteiger partial charge in [0.25, 0.3) is 0 Å². The van der Waals surface area contributed by atoms with E-state index >= 15 is 0 Å². The Labute approximate surface area is 86.6 Å². The highest BCUT2D eigenvalue weighted by molar-refractivity contribution is 5.78. The van der Waals surface area contributed by atoms with Crippen LogP contribution in [-0.2, 0) is 9.53 Å². The second-order valence-corrected chi connectivity index (χ2v) is 3.78. The number of methoxy groups -OCH3 is 1. The summed E-state index contributed by atoms with van der Waals surface area (Å²) in [4.78, 5) is 13.2. The van der Waals surface area contributed by atoms with Crippen LogP contribution in [0.15, 0.2) is 0 Å². The Balaban J connectivity index is 3.64. The number of ether oxygens (including phenoxy) is 1. The van der Waals surface area contributed by atoms with Gasteiger partial charge < -0.3 is 15.0 Å². The fraction of sp³-hybridized carbons (Fsp3) is 0.900. The summed E-state index contributed by atoms with van der Waals surface area (Å²) in [6.45, 7) is 7.03. The highest BCUT2D eigenvalue weighted by atomic mass is 16.5. The third-order valence-electron chi connectivity index (χ3n) is 2.28. The van der Waals surface area contributed by atoms with Crippen molar-refractivity contribution in [2.24, 2.45) is 0 Å². The summed E-state index contributed by atoms with van der Waals surface area (Å²) in [5.74, 6) is 0.114. The summed E-state index contributed by atoms with van der Waals surface area (Å²) in [6.07, 6.45) is 0.146. The lowest BCUT2D eigenvalue weighted by molar-refractivity contribution is -0.130. The molecule has 0 spiro atoms. The largest absolute Gasteiger partial charge is 0.380 e. The number of carbonyl (C=O) groups excluding carboxylic acids is 1. The normalized spacial score (nSPS) is 13.0. The van der Waals surface area contributed by atoms with Crippen LogP contribution in [0.2, 0.25) is 0 Å². The Bertz CT molecular complexity index is 172. The Kier molecular flexibility index (Phi) is 6.49. The van der Waals surface area contributed by atoms with Gasteiger partial charge in [-0.3, -0.25) is 4.79 Å². The Morgan fingerprint density at radius 2 is 2.00 bits per heavy atom. The summed E-state index contributed by atoms with van der Waals surface area (Å²) in [6, 6.07) is 0.254. The molecule has 1 N–H and O–H groups in total. The molecule has 14 heavy (non-hydrogen) atoms. The predicted molar refractivity (Wildman–Crippen MR) is 57.2 cm³/mol. The zero-order valence-electron chi connectivity index (χ0n) is 9.83. The SMILES string of the molecule is COC(C)CNCC(=O)N(C)C(C)C. The molecular weight excluding hydrogens is 180 g/mol.